The second kappa shape index (κ2) is 2.38. The average molecular weight is 178 g/mol. The van der Waals surface area contributed by atoms with Crippen LogP contribution >= 0.6 is 0 Å². The van der Waals surface area contributed by atoms with E-state index in [2.05, 4.69) is 19.6 Å². The van der Waals surface area contributed by atoms with Crippen LogP contribution in [0, 0.1) is 0 Å². The summed E-state index contributed by atoms with van der Waals surface area (Å²) in [5.41, 5.74) is 2.06. The zero-order valence-corrected chi connectivity index (χ0v) is 7.29. The van der Waals surface area contributed by atoms with Gasteiger partial charge < -0.3 is 0 Å². The molecule has 1 aliphatic heterocycles. The molecule has 0 aromatic heterocycles. The van der Waals surface area contributed by atoms with E-state index in [1.54, 1.807) is 0 Å². The minimum atomic E-state index is -1.22. The first-order valence-electron chi connectivity index (χ1n) is 2.77. The first-order valence-corrected chi connectivity index (χ1v) is 6.18. The predicted molar refractivity (Wildman–Crippen MR) is 32.7 cm³/mol. The van der Waals surface area contributed by atoms with Gasteiger partial charge in [0.25, 0.3) is 0 Å². The standard InChI is InChI=1S/C5H11AsO2/c1-4-5(2)8-6(3)7-4/h4-5H,1-3H3. The van der Waals surface area contributed by atoms with Crippen LogP contribution in [0.5, 0.6) is 0 Å². The molecule has 1 saturated heterocycles. The molecule has 8 heavy (non-hydrogen) atoms. The Morgan fingerprint density at radius 2 is 1.50 bits per heavy atom. The van der Waals surface area contributed by atoms with Crippen LogP contribution < -0.4 is 0 Å². The zero-order chi connectivity index (χ0) is 6.15. The Kier molecular flexibility index (Phi) is 1.96. The van der Waals surface area contributed by atoms with Crippen molar-refractivity contribution in [1.82, 2.24) is 0 Å². The summed E-state index contributed by atoms with van der Waals surface area (Å²) in [5.74, 6) is 0. The predicted octanol–water partition coefficient (Wildman–Crippen LogP) is 0.928. The molecule has 0 N–H and O–H groups in total. The summed E-state index contributed by atoms with van der Waals surface area (Å²) in [5, 5.41) is 0. The minimum absolute atomic E-state index is 0.333. The van der Waals surface area contributed by atoms with Crippen molar-refractivity contribution in [1.29, 1.82) is 0 Å². The van der Waals surface area contributed by atoms with Gasteiger partial charge in [-0.3, -0.25) is 0 Å². The van der Waals surface area contributed by atoms with Gasteiger partial charge in [0, 0.05) is 0 Å². The summed E-state index contributed by atoms with van der Waals surface area (Å²) in [6.07, 6.45) is 0.667. The maximum absolute atomic E-state index is 5.40. The first-order chi connectivity index (χ1) is 3.70. The van der Waals surface area contributed by atoms with Gasteiger partial charge in [0.15, 0.2) is 0 Å². The molecule has 2 unspecified atom stereocenters. The van der Waals surface area contributed by atoms with Crippen LogP contribution in [0.1, 0.15) is 13.8 Å². The molecule has 0 aromatic rings. The Morgan fingerprint density at radius 1 is 1.12 bits per heavy atom. The van der Waals surface area contributed by atoms with Crippen LogP contribution in [-0.4, -0.2) is 27.5 Å². The quantitative estimate of drug-likeness (QED) is 0.513. The average Bonchev–Trinajstić information content (AvgIpc) is 1.85. The van der Waals surface area contributed by atoms with Crippen molar-refractivity contribution < 1.29 is 7.45 Å². The van der Waals surface area contributed by atoms with Crippen molar-refractivity contribution in [3.05, 3.63) is 0 Å². The van der Waals surface area contributed by atoms with Crippen molar-refractivity contribution in [2.75, 3.05) is 0 Å². The van der Waals surface area contributed by atoms with Crippen LogP contribution in [0.2, 0.25) is 5.71 Å². The van der Waals surface area contributed by atoms with Crippen molar-refractivity contribution in [3.8, 4) is 0 Å². The molecule has 2 atom stereocenters. The Balaban J connectivity index is 2.39. The van der Waals surface area contributed by atoms with Gasteiger partial charge in [-0.15, -0.1) is 0 Å². The molecule has 2 nitrogen and oxygen atoms in total. The molecule has 1 rings (SSSR count). The molecule has 0 radical (unpaired) electrons. The molecule has 3 heteroatoms. The molecule has 0 spiro atoms. The van der Waals surface area contributed by atoms with Crippen molar-refractivity contribution >= 4 is 15.3 Å². The fraction of sp³-hybridized carbons (Fsp3) is 1.00. The topological polar surface area (TPSA) is 18.5 Å². The molecule has 1 fully saturated rings. The third kappa shape index (κ3) is 1.25. The SMILES string of the molecule is CC1O[As](C)OC1C. The molecule has 1 aliphatic rings. The Labute approximate surface area is 55.1 Å². The first kappa shape index (κ1) is 6.60. The van der Waals surface area contributed by atoms with E-state index in [1.807, 2.05) is 0 Å². The summed E-state index contributed by atoms with van der Waals surface area (Å²) in [4.78, 5) is 0. The fourth-order valence-electron chi connectivity index (χ4n) is 0.665. The molecule has 1 heterocycles. The van der Waals surface area contributed by atoms with Gasteiger partial charge in [-0.25, -0.2) is 0 Å². The Morgan fingerprint density at radius 3 is 1.62 bits per heavy atom. The molecule has 0 bridgehead atoms. The molecule has 48 valence electrons. The fourth-order valence-corrected chi connectivity index (χ4v) is 3.45. The Hall–Kier alpha value is 0.478. The van der Waals surface area contributed by atoms with Gasteiger partial charge in [-0.05, 0) is 0 Å². The van der Waals surface area contributed by atoms with Gasteiger partial charge in [0.2, 0.25) is 0 Å². The van der Waals surface area contributed by atoms with E-state index in [4.69, 9.17) is 7.45 Å². The molecule has 0 saturated carbocycles. The molecular formula is C5H11AsO2. The number of rotatable bonds is 0. The second-order valence-electron chi connectivity index (χ2n) is 2.06. The van der Waals surface area contributed by atoms with Gasteiger partial charge >= 0.3 is 54.6 Å². The van der Waals surface area contributed by atoms with Crippen molar-refractivity contribution in [2.24, 2.45) is 0 Å². The van der Waals surface area contributed by atoms with E-state index < -0.39 is 15.3 Å². The molecule has 0 aliphatic carbocycles. The van der Waals surface area contributed by atoms with Gasteiger partial charge in [-0.1, -0.05) is 0 Å². The van der Waals surface area contributed by atoms with Gasteiger partial charge in [0.1, 0.15) is 0 Å². The van der Waals surface area contributed by atoms with Crippen LogP contribution in [0.15, 0.2) is 0 Å². The molecule has 0 amide bonds. The normalized spacial score (nSPS) is 47.6. The zero-order valence-electron chi connectivity index (χ0n) is 5.42. The van der Waals surface area contributed by atoms with E-state index in [9.17, 15) is 0 Å². The van der Waals surface area contributed by atoms with Crippen LogP contribution in [0.4, 0.5) is 0 Å². The van der Waals surface area contributed by atoms with Crippen LogP contribution in [-0.2, 0) is 7.45 Å². The Bertz CT molecular complexity index is 76.5. The van der Waals surface area contributed by atoms with Crippen molar-refractivity contribution in [3.63, 3.8) is 0 Å². The third-order valence-corrected chi connectivity index (χ3v) is 3.93. The summed E-state index contributed by atoms with van der Waals surface area (Å²) < 4.78 is 10.8. The van der Waals surface area contributed by atoms with E-state index in [-0.39, 0.29) is 0 Å². The van der Waals surface area contributed by atoms with Crippen molar-refractivity contribution in [2.45, 2.75) is 31.8 Å². The van der Waals surface area contributed by atoms with E-state index in [0.29, 0.717) is 12.2 Å². The second-order valence-corrected chi connectivity index (χ2v) is 4.79. The van der Waals surface area contributed by atoms with Gasteiger partial charge in [-0.2, -0.15) is 0 Å². The molecular weight excluding hydrogens is 167 g/mol. The number of hydrogen-bond donors (Lipinski definition) is 0. The maximum atomic E-state index is 5.40. The van der Waals surface area contributed by atoms with E-state index >= 15 is 0 Å². The van der Waals surface area contributed by atoms with E-state index in [1.165, 1.54) is 0 Å². The molecule has 0 aromatic carbocycles. The van der Waals surface area contributed by atoms with Crippen LogP contribution in [0.25, 0.3) is 0 Å². The monoisotopic (exact) mass is 178 g/mol. The van der Waals surface area contributed by atoms with Gasteiger partial charge in [0.05, 0.1) is 0 Å². The van der Waals surface area contributed by atoms with Crippen LogP contribution in [0.3, 0.4) is 0 Å². The number of hydrogen-bond acceptors (Lipinski definition) is 2. The summed E-state index contributed by atoms with van der Waals surface area (Å²) >= 11 is -1.22. The third-order valence-electron chi connectivity index (χ3n) is 1.29. The summed E-state index contributed by atoms with van der Waals surface area (Å²) in [6.45, 7) is 4.12. The van der Waals surface area contributed by atoms with E-state index in [0.717, 1.165) is 0 Å². The summed E-state index contributed by atoms with van der Waals surface area (Å²) in [7, 11) is 0. The summed E-state index contributed by atoms with van der Waals surface area (Å²) in [6, 6.07) is 0.